The quantitative estimate of drug-likeness (QED) is 0.913. The van der Waals surface area contributed by atoms with Gasteiger partial charge in [-0.15, -0.1) is 0 Å². The minimum atomic E-state index is -3.77. The summed E-state index contributed by atoms with van der Waals surface area (Å²) < 4.78 is 33.7. The number of hydrogen-bond acceptors (Lipinski definition) is 4. The van der Waals surface area contributed by atoms with Gasteiger partial charge in [0, 0.05) is 12.6 Å². The Balaban J connectivity index is 2.00. The van der Waals surface area contributed by atoms with Gasteiger partial charge < -0.3 is 9.64 Å². The molecular formula is C18H20N2O4S. The van der Waals surface area contributed by atoms with Crippen LogP contribution in [-0.2, 0) is 14.8 Å². The average Bonchev–Trinajstić information content (AvgIpc) is 2.53. The topological polar surface area (TPSA) is 75.7 Å². The van der Waals surface area contributed by atoms with Gasteiger partial charge in [0.05, 0.1) is 17.1 Å². The molecule has 0 unspecified atom stereocenters. The fourth-order valence-corrected chi connectivity index (χ4v) is 3.84. The number of carbonyl (C=O) groups is 1. The molecule has 0 fully saturated rings. The van der Waals surface area contributed by atoms with Crippen molar-refractivity contribution in [1.29, 1.82) is 0 Å². The van der Waals surface area contributed by atoms with Gasteiger partial charge in [-0.2, -0.15) is 0 Å². The minimum absolute atomic E-state index is 0.0738. The number of fused-ring (bicyclic) bond motifs is 1. The molecule has 6 nitrogen and oxygen atoms in total. The van der Waals surface area contributed by atoms with E-state index >= 15 is 0 Å². The molecule has 0 spiro atoms. The third kappa shape index (κ3) is 3.61. The molecule has 0 bridgehead atoms. The second-order valence-corrected chi connectivity index (χ2v) is 8.25. The number of amides is 1. The molecule has 0 atom stereocenters. The summed E-state index contributed by atoms with van der Waals surface area (Å²) in [5.41, 5.74) is 0.394. The van der Waals surface area contributed by atoms with Crippen molar-refractivity contribution in [3.63, 3.8) is 0 Å². The van der Waals surface area contributed by atoms with Crippen molar-refractivity contribution in [2.45, 2.75) is 31.3 Å². The van der Waals surface area contributed by atoms with Gasteiger partial charge in [-0.1, -0.05) is 18.2 Å². The molecule has 3 rings (SSSR count). The molecule has 25 heavy (non-hydrogen) atoms. The number of rotatable bonds is 3. The third-order valence-electron chi connectivity index (χ3n) is 3.86. The summed E-state index contributed by atoms with van der Waals surface area (Å²) in [7, 11) is -3.77. The van der Waals surface area contributed by atoms with Crippen LogP contribution in [0.4, 0.5) is 11.4 Å². The Kier molecular flexibility index (Phi) is 4.20. The monoisotopic (exact) mass is 360 g/mol. The molecule has 0 aromatic heterocycles. The van der Waals surface area contributed by atoms with Gasteiger partial charge in [0.25, 0.3) is 10.0 Å². The number of sulfonamides is 1. The van der Waals surface area contributed by atoms with E-state index < -0.39 is 15.6 Å². The summed E-state index contributed by atoms with van der Waals surface area (Å²) in [6, 6.07) is 13.2. The van der Waals surface area contributed by atoms with E-state index in [9.17, 15) is 13.2 Å². The molecule has 2 aromatic rings. The van der Waals surface area contributed by atoms with Gasteiger partial charge >= 0.3 is 0 Å². The zero-order chi connectivity index (χ0) is 18.2. The Bertz CT molecular complexity index is 908. The summed E-state index contributed by atoms with van der Waals surface area (Å²) in [5, 5.41) is 0. The summed E-state index contributed by atoms with van der Waals surface area (Å²) in [4.78, 5) is 13.6. The van der Waals surface area contributed by atoms with Gasteiger partial charge in [-0.05, 0) is 44.2 Å². The molecule has 0 saturated heterocycles. The van der Waals surface area contributed by atoms with Crippen LogP contribution < -0.4 is 14.4 Å². The molecule has 7 heteroatoms. The van der Waals surface area contributed by atoms with E-state index in [-0.39, 0.29) is 10.8 Å². The largest absolute Gasteiger partial charge is 0.484 e. The molecule has 0 saturated carbocycles. The van der Waals surface area contributed by atoms with Gasteiger partial charge in [-0.3, -0.25) is 9.52 Å². The molecule has 1 aliphatic heterocycles. The number of ether oxygens (including phenoxy) is 1. The van der Waals surface area contributed by atoms with Crippen LogP contribution in [-0.4, -0.2) is 26.5 Å². The van der Waals surface area contributed by atoms with Crippen LogP contribution in [0.15, 0.2) is 53.4 Å². The van der Waals surface area contributed by atoms with Crippen LogP contribution >= 0.6 is 0 Å². The van der Waals surface area contributed by atoms with Gasteiger partial charge in [0.15, 0.2) is 0 Å². The van der Waals surface area contributed by atoms with Crippen molar-refractivity contribution in [3.05, 3.63) is 48.5 Å². The SMILES string of the molecule is CC(=O)N1CC(C)(C)Oc2ccc(S(=O)(=O)Nc3ccccc3)cc21. The van der Waals surface area contributed by atoms with Crippen molar-refractivity contribution >= 4 is 27.3 Å². The molecule has 1 heterocycles. The van der Waals surface area contributed by atoms with E-state index in [0.29, 0.717) is 23.7 Å². The lowest BCUT2D eigenvalue weighted by atomic mass is 10.1. The fraction of sp³-hybridized carbons (Fsp3) is 0.278. The van der Waals surface area contributed by atoms with Crippen molar-refractivity contribution in [3.8, 4) is 5.75 Å². The molecule has 0 aliphatic carbocycles. The highest BCUT2D eigenvalue weighted by atomic mass is 32.2. The highest BCUT2D eigenvalue weighted by Gasteiger charge is 2.34. The summed E-state index contributed by atoms with van der Waals surface area (Å²) in [6.45, 7) is 5.57. The predicted octanol–water partition coefficient (Wildman–Crippen LogP) is 3.01. The number of nitrogens with zero attached hydrogens (tertiary/aromatic N) is 1. The van der Waals surface area contributed by atoms with Crippen molar-refractivity contribution in [2.75, 3.05) is 16.2 Å². The van der Waals surface area contributed by atoms with Crippen molar-refractivity contribution in [2.24, 2.45) is 0 Å². The summed E-state index contributed by atoms with van der Waals surface area (Å²) >= 11 is 0. The Morgan fingerprint density at radius 1 is 1.16 bits per heavy atom. The third-order valence-corrected chi connectivity index (χ3v) is 5.24. The second kappa shape index (κ2) is 6.07. The number of anilines is 2. The van der Waals surface area contributed by atoms with E-state index in [2.05, 4.69) is 4.72 Å². The van der Waals surface area contributed by atoms with Crippen LogP contribution in [0.1, 0.15) is 20.8 Å². The maximum atomic E-state index is 12.6. The average molecular weight is 360 g/mol. The van der Waals surface area contributed by atoms with E-state index in [1.807, 2.05) is 13.8 Å². The first-order valence-electron chi connectivity index (χ1n) is 7.87. The number of para-hydroxylation sites is 1. The van der Waals surface area contributed by atoms with E-state index in [1.54, 1.807) is 41.3 Å². The minimum Gasteiger partial charge on any atom is -0.484 e. The van der Waals surface area contributed by atoms with Crippen LogP contribution in [0.25, 0.3) is 0 Å². The molecular weight excluding hydrogens is 340 g/mol. The fourth-order valence-electron chi connectivity index (χ4n) is 2.76. The molecule has 132 valence electrons. The highest BCUT2D eigenvalue weighted by Crippen LogP contribution is 2.38. The first-order chi connectivity index (χ1) is 11.7. The van der Waals surface area contributed by atoms with Gasteiger partial charge in [0.2, 0.25) is 5.91 Å². The smallest absolute Gasteiger partial charge is 0.261 e. The van der Waals surface area contributed by atoms with Crippen molar-refractivity contribution < 1.29 is 17.9 Å². The molecule has 1 N–H and O–H groups in total. The standard InChI is InChI=1S/C18H20N2O4S/c1-13(21)20-12-18(2,3)24-17-10-9-15(11-16(17)20)25(22,23)19-14-7-5-4-6-8-14/h4-11,19H,12H2,1-3H3. The second-order valence-electron chi connectivity index (χ2n) is 6.57. The normalized spacial score (nSPS) is 15.9. The van der Waals surface area contributed by atoms with Crippen LogP contribution in [0.3, 0.4) is 0 Å². The lowest BCUT2D eigenvalue weighted by molar-refractivity contribution is -0.117. The molecule has 0 radical (unpaired) electrons. The molecule has 1 amide bonds. The van der Waals surface area contributed by atoms with Crippen LogP contribution in [0.5, 0.6) is 5.75 Å². The molecule has 2 aromatic carbocycles. The summed E-state index contributed by atoms with van der Waals surface area (Å²) in [6.07, 6.45) is 0. The number of benzene rings is 2. The zero-order valence-corrected chi connectivity index (χ0v) is 15.1. The Morgan fingerprint density at radius 3 is 2.48 bits per heavy atom. The lowest BCUT2D eigenvalue weighted by Gasteiger charge is -2.39. The maximum absolute atomic E-state index is 12.6. The Morgan fingerprint density at radius 2 is 1.84 bits per heavy atom. The number of carbonyl (C=O) groups excluding carboxylic acids is 1. The Hall–Kier alpha value is -2.54. The van der Waals surface area contributed by atoms with E-state index in [0.717, 1.165) is 0 Å². The van der Waals surface area contributed by atoms with E-state index in [4.69, 9.17) is 4.74 Å². The molecule has 1 aliphatic rings. The first-order valence-corrected chi connectivity index (χ1v) is 9.35. The lowest BCUT2D eigenvalue weighted by Crippen LogP contribution is -2.48. The number of nitrogens with one attached hydrogen (secondary N) is 1. The maximum Gasteiger partial charge on any atom is 0.261 e. The van der Waals surface area contributed by atoms with Gasteiger partial charge in [-0.25, -0.2) is 8.42 Å². The highest BCUT2D eigenvalue weighted by molar-refractivity contribution is 7.92. The van der Waals surface area contributed by atoms with E-state index in [1.165, 1.54) is 19.1 Å². The first kappa shape index (κ1) is 17.3. The summed E-state index contributed by atoms with van der Waals surface area (Å²) in [5.74, 6) is 0.327. The number of hydrogen-bond donors (Lipinski definition) is 1. The van der Waals surface area contributed by atoms with Crippen LogP contribution in [0, 0.1) is 0 Å². The van der Waals surface area contributed by atoms with Crippen molar-refractivity contribution in [1.82, 2.24) is 0 Å². The van der Waals surface area contributed by atoms with Gasteiger partial charge in [0.1, 0.15) is 11.4 Å². The predicted molar refractivity (Wildman–Crippen MR) is 96.4 cm³/mol. The van der Waals surface area contributed by atoms with Crippen LogP contribution in [0.2, 0.25) is 0 Å². The Labute approximate surface area is 147 Å². The zero-order valence-electron chi connectivity index (χ0n) is 14.3.